The molecule has 110 valence electrons. The van der Waals surface area contributed by atoms with Gasteiger partial charge in [-0.15, -0.1) is 22.9 Å². The zero-order valence-electron chi connectivity index (χ0n) is 11.3. The molecule has 6 heteroatoms. The van der Waals surface area contributed by atoms with Crippen LogP contribution in [0.3, 0.4) is 0 Å². The lowest BCUT2D eigenvalue weighted by Crippen LogP contribution is -2.13. The van der Waals surface area contributed by atoms with Crippen LogP contribution in [0.15, 0.2) is 38.9 Å². The number of alkyl halides is 1. The maximum atomic E-state index is 11.8. The summed E-state index contributed by atoms with van der Waals surface area (Å²) in [6.45, 7) is 2.70. The maximum Gasteiger partial charge on any atom is 0.419 e. The molecule has 0 saturated carbocycles. The standard InChI is InChI=1S/C15H13ClINO2S/c1-2-5-18-11-4-3-9(6-12(11)20-15(18)19)14(16)10-7-13(17)21-8-10/h3-4,6-8,14H,2,5H2,1H3. The van der Waals surface area contributed by atoms with E-state index in [2.05, 4.69) is 34.0 Å². The number of hydrogen-bond donors (Lipinski definition) is 0. The van der Waals surface area contributed by atoms with Crippen molar-refractivity contribution in [3.8, 4) is 0 Å². The van der Waals surface area contributed by atoms with Crippen molar-refractivity contribution in [3.05, 3.63) is 54.2 Å². The van der Waals surface area contributed by atoms with Gasteiger partial charge in [-0.25, -0.2) is 4.79 Å². The van der Waals surface area contributed by atoms with E-state index < -0.39 is 0 Å². The fourth-order valence-corrected chi connectivity index (χ4v) is 4.06. The van der Waals surface area contributed by atoms with Crippen molar-refractivity contribution < 1.29 is 4.42 Å². The second-order valence-corrected chi connectivity index (χ2v) is 8.04. The Balaban J connectivity index is 2.03. The van der Waals surface area contributed by atoms with Gasteiger partial charge in [0.05, 0.1) is 13.8 Å². The number of hydrogen-bond acceptors (Lipinski definition) is 3. The van der Waals surface area contributed by atoms with E-state index in [-0.39, 0.29) is 11.1 Å². The summed E-state index contributed by atoms with van der Waals surface area (Å²) in [4.78, 5) is 11.8. The van der Waals surface area contributed by atoms with Gasteiger partial charge in [-0.2, -0.15) is 0 Å². The summed E-state index contributed by atoms with van der Waals surface area (Å²) in [7, 11) is 0. The second-order valence-electron chi connectivity index (χ2n) is 4.79. The van der Waals surface area contributed by atoms with Crippen molar-refractivity contribution in [3.63, 3.8) is 0 Å². The van der Waals surface area contributed by atoms with Gasteiger partial charge in [-0.1, -0.05) is 13.0 Å². The van der Waals surface area contributed by atoms with E-state index in [4.69, 9.17) is 16.0 Å². The van der Waals surface area contributed by atoms with E-state index in [1.807, 2.05) is 25.1 Å². The molecule has 0 aliphatic carbocycles. The summed E-state index contributed by atoms with van der Waals surface area (Å²) in [5.74, 6) is -0.305. The van der Waals surface area contributed by atoms with E-state index in [9.17, 15) is 4.79 Å². The van der Waals surface area contributed by atoms with Gasteiger partial charge in [0.25, 0.3) is 0 Å². The quantitative estimate of drug-likeness (QED) is 0.429. The molecule has 1 aromatic carbocycles. The van der Waals surface area contributed by atoms with E-state index >= 15 is 0 Å². The lowest BCUT2D eigenvalue weighted by Gasteiger charge is -2.08. The van der Waals surface area contributed by atoms with Crippen molar-refractivity contribution in [2.45, 2.75) is 25.3 Å². The zero-order valence-corrected chi connectivity index (χ0v) is 15.0. The molecule has 0 radical (unpaired) electrons. The average molecular weight is 434 g/mol. The highest BCUT2D eigenvalue weighted by atomic mass is 127. The molecule has 3 aromatic rings. The van der Waals surface area contributed by atoms with Crippen LogP contribution in [-0.2, 0) is 6.54 Å². The molecular formula is C15H13ClINO2S. The van der Waals surface area contributed by atoms with Crippen LogP contribution in [0.5, 0.6) is 0 Å². The van der Waals surface area contributed by atoms with E-state index in [1.165, 1.54) is 2.88 Å². The lowest BCUT2D eigenvalue weighted by atomic mass is 10.1. The Morgan fingerprint density at radius 2 is 2.19 bits per heavy atom. The zero-order chi connectivity index (χ0) is 15.0. The number of benzene rings is 1. The van der Waals surface area contributed by atoms with Gasteiger partial charge < -0.3 is 4.42 Å². The maximum absolute atomic E-state index is 11.8. The molecule has 3 nitrogen and oxygen atoms in total. The molecule has 0 saturated heterocycles. The third-order valence-electron chi connectivity index (χ3n) is 3.31. The van der Waals surface area contributed by atoms with Crippen LogP contribution in [0.2, 0.25) is 0 Å². The van der Waals surface area contributed by atoms with E-state index in [1.54, 1.807) is 15.9 Å². The monoisotopic (exact) mass is 433 g/mol. The van der Waals surface area contributed by atoms with E-state index in [0.717, 1.165) is 23.1 Å². The predicted molar refractivity (Wildman–Crippen MR) is 95.5 cm³/mol. The second kappa shape index (κ2) is 6.14. The van der Waals surface area contributed by atoms with Crippen molar-refractivity contribution in [2.75, 3.05) is 0 Å². The summed E-state index contributed by atoms with van der Waals surface area (Å²) < 4.78 is 8.20. The molecule has 21 heavy (non-hydrogen) atoms. The van der Waals surface area contributed by atoms with Crippen LogP contribution < -0.4 is 5.76 Å². The fourth-order valence-electron chi connectivity index (χ4n) is 2.32. The summed E-state index contributed by atoms with van der Waals surface area (Å²) in [5, 5.41) is 1.83. The lowest BCUT2D eigenvalue weighted by molar-refractivity contribution is 0.502. The summed E-state index contributed by atoms with van der Waals surface area (Å²) in [5.41, 5.74) is 3.44. The normalized spacial score (nSPS) is 12.9. The van der Waals surface area contributed by atoms with Crippen LogP contribution in [0, 0.1) is 2.88 Å². The number of oxazole rings is 1. The molecule has 0 aliphatic heterocycles. The van der Waals surface area contributed by atoms with Crippen molar-refractivity contribution >= 4 is 56.6 Å². The predicted octanol–water partition coefficient (Wildman–Crippen LogP) is 5.00. The number of nitrogens with zero attached hydrogens (tertiary/aromatic N) is 1. The molecule has 0 bridgehead atoms. The first kappa shape index (κ1) is 15.1. The smallest absolute Gasteiger partial charge is 0.408 e. The largest absolute Gasteiger partial charge is 0.419 e. The molecule has 1 atom stereocenters. The Morgan fingerprint density at radius 3 is 2.86 bits per heavy atom. The van der Waals surface area contributed by atoms with Crippen LogP contribution in [0.4, 0.5) is 0 Å². The number of aryl methyl sites for hydroxylation is 1. The SMILES string of the molecule is CCCn1c(=O)oc2cc(C(Cl)c3csc(I)c3)ccc21. The Labute approximate surface area is 144 Å². The molecule has 0 aliphatic rings. The van der Waals surface area contributed by atoms with E-state index in [0.29, 0.717) is 12.1 Å². The first-order valence-electron chi connectivity index (χ1n) is 6.61. The van der Waals surface area contributed by atoms with Gasteiger partial charge in [0.2, 0.25) is 0 Å². The summed E-state index contributed by atoms with van der Waals surface area (Å²) >= 11 is 10.5. The molecule has 0 fully saturated rings. The first-order valence-corrected chi connectivity index (χ1v) is 9.01. The topological polar surface area (TPSA) is 35.1 Å². The molecular weight excluding hydrogens is 421 g/mol. The Bertz CT molecular complexity index is 836. The van der Waals surface area contributed by atoms with Gasteiger partial charge in [-0.05, 0) is 63.7 Å². The third kappa shape index (κ3) is 2.91. The number of aromatic nitrogens is 1. The van der Waals surface area contributed by atoms with Gasteiger partial charge in [0.1, 0.15) is 0 Å². The summed E-state index contributed by atoms with van der Waals surface area (Å²) in [6, 6.07) is 7.82. The Hall–Kier alpha value is -0.790. The Morgan fingerprint density at radius 1 is 1.38 bits per heavy atom. The van der Waals surface area contributed by atoms with Crippen molar-refractivity contribution in [1.29, 1.82) is 0 Å². The number of fused-ring (bicyclic) bond motifs is 1. The fraction of sp³-hybridized carbons (Fsp3) is 0.267. The minimum absolute atomic E-state index is 0.228. The van der Waals surface area contributed by atoms with Crippen molar-refractivity contribution in [2.24, 2.45) is 0 Å². The number of halogens is 2. The highest BCUT2D eigenvalue weighted by molar-refractivity contribution is 14.1. The third-order valence-corrected chi connectivity index (χ3v) is 5.62. The molecule has 0 spiro atoms. The van der Waals surface area contributed by atoms with Gasteiger partial charge in [0.15, 0.2) is 5.58 Å². The molecule has 3 rings (SSSR count). The highest BCUT2D eigenvalue weighted by Crippen LogP contribution is 2.33. The van der Waals surface area contributed by atoms with Crippen molar-refractivity contribution in [1.82, 2.24) is 4.57 Å². The van der Waals surface area contributed by atoms with Gasteiger partial charge in [-0.3, -0.25) is 4.57 Å². The number of rotatable bonds is 4. The molecule has 0 N–H and O–H groups in total. The van der Waals surface area contributed by atoms with Crippen LogP contribution in [-0.4, -0.2) is 4.57 Å². The minimum atomic E-state index is -0.305. The number of thiophene rings is 1. The van der Waals surface area contributed by atoms with Crippen LogP contribution in [0.25, 0.3) is 11.1 Å². The molecule has 2 aromatic heterocycles. The highest BCUT2D eigenvalue weighted by Gasteiger charge is 2.15. The first-order chi connectivity index (χ1) is 10.1. The summed E-state index contributed by atoms with van der Waals surface area (Å²) in [6.07, 6.45) is 0.891. The minimum Gasteiger partial charge on any atom is -0.408 e. The van der Waals surface area contributed by atoms with Gasteiger partial charge in [0, 0.05) is 6.54 Å². The van der Waals surface area contributed by atoms with Gasteiger partial charge >= 0.3 is 5.76 Å². The molecule has 1 unspecified atom stereocenters. The van der Waals surface area contributed by atoms with Crippen LogP contribution >= 0.6 is 45.5 Å². The van der Waals surface area contributed by atoms with Crippen LogP contribution in [0.1, 0.15) is 29.8 Å². The Kier molecular flexibility index (Phi) is 4.42. The molecule has 2 heterocycles. The average Bonchev–Trinajstić information content (AvgIpc) is 3.02. The molecule has 0 amide bonds.